The van der Waals surface area contributed by atoms with Gasteiger partial charge in [0.1, 0.15) is 122 Å². The zero-order valence-electron chi connectivity index (χ0n) is 48.9. The van der Waals surface area contributed by atoms with E-state index >= 15 is 0 Å². The van der Waals surface area contributed by atoms with Crippen LogP contribution in [0.25, 0.3) is 90.9 Å². The second kappa shape index (κ2) is 25.9. The Morgan fingerprint density at radius 2 is 0.457 bits per heavy atom. The Bertz CT molecular complexity index is 3530. The molecule has 0 saturated carbocycles. The van der Waals surface area contributed by atoms with Crippen LogP contribution >= 0.6 is 0 Å². The molecule has 482 valence electrons. The smallest absolute Gasteiger partial charge is 0.113 e. The Morgan fingerprint density at radius 3 is 0.641 bits per heavy atom. The zero-order chi connectivity index (χ0) is 64.5. The van der Waals surface area contributed by atoms with Crippen LogP contribution in [0.4, 0.5) is 0 Å². The molecule has 9 heterocycles. The predicted molar refractivity (Wildman–Crippen MR) is 331 cm³/mol. The van der Waals surface area contributed by atoms with Gasteiger partial charge in [-0.2, -0.15) is 0 Å². The molecule has 4 aromatic carbocycles. The monoisotopic (exact) mass is 1260 g/mol. The summed E-state index contributed by atoms with van der Waals surface area (Å²) >= 11 is 0. The van der Waals surface area contributed by atoms with Crippen molar-refractivity contribution in [2.45, 2.75) is 122 Å². The van der Waals surface area contributed by atoms with Crippen LogP contribution in [0.15, 0.2) is 121 Å². The Balaban J connectivity index is 1.03. The quantitative estimate of drug-likeness (QED) is 0.0821. The van der Waals surface area contributed by atoms with Crippen LogP contribution in [-0.4, -0.2) is 226 Å². The Morgan fingerprint density at radius 1 is 0.261 bits per heavy atom. The van der Waals surface area contributed by atoms with Crippen molar-refractivity contribution >= 4 is 46.4 Å². The molecule has 13 rings (SSSR count). The van der Waals surface area contributed by atoms with E-state index < -0.39 is 149 Å². The highest BCUT2D eigenvalue weighted by Crippen LogP contribution is 2.43. The van der Waals surface area contributed by atoms with Gasteiger partial charge in [0.15, 0.2) is 0 Å². The second-order valence-corrected chi connectivity index (χ2v) is 24.0. The Hall–Kier alpha value is -7.32. The average Bonchev–Trinajstić information content (AvgIpc) is 1.55. The Kier molecular flexibility index (Phi) is 17.8. The highest BCUT2D eigenvalue weighted by molar-refractivity contribution is 6.00. The topological polar surface area (TPSA) is 418 Å². The number of aromatic amines is 2. The number of nitrogens with zero attached hydrogens (tertiary/aromatic N) is 2. The number of rotatable bonds is 12. The lowest BCUT2D eigenvalue weighted by atomic mass is 9.90. The minimum Gasteiger partial charge on any atom is -0.394 e. The molecule has 0 aliphatic carbocycles. The lowest BCUT2D eigenvalue weighted by Crippen LogP contribution is -2.55. The molecule has 6 aliphatic rings. The van der Waals surface area contributed by atoms with Crippen LogP contribution in [0.2, 0.25) is 0 Å². The zero-order valence-corrected chi connectivity index (χ0v) is 48.9. The molecular formula is C68H70N4O20. The van der Waals surface area contributed by atoms with Crippen LogP contribution in [-0.2, 0) is 18.9 Å². The summed E-state index contributed by atoms with van der Waals surface area (Å²) in [6, 6.07) is 35.5. The van der Waals surface area contributed by atoms with E-state index in [-0.39, 0.29) is 0 Å². The largest absolute Gasteiger partial charge is 0.394 e. The van der Waals surface area contributed by atoms with E-state index in [0.29, 0.717) is 112 Å². The molecule has 4 saturated heterocycles. The summed E-state index contributed by atoms with van der Waals surface area (Å²) in [5.41, 5.74) is 10.8. The van der Waals surface area contributed by atoms with Crippen LogP contribution in [0, 0.1) is 0 Å². The van der Waals surface area contributed by atoms with Crippen molar-refractivity contribution in [3.05, 3.63) is 166 Å². The van der Waals surface area contributed by atoms with Crippen LogP contribution in [0.1, 0.15) is 69.4 Å². The standard InChI is InChI=1S/C68H70N4O20/c73-25-45-53(77)57(81)61(85)65(89-45)33-9-1-29(2-10-33)49-37-17-19-39(69-37)50(30-3-11-34(12-4-30)66-62(86)58(82)54(78)46(26-74)90-66)41-21-23-43(71-41)52(32-7-15-36(16-8-32)68-64(88)60(84)56(80)48(28-76)92-68)44-24-22-42(72-44)51(40-20-18-38(49)70-40)31-5-13-35(14-6-31)67-63(87)59(83)55(79)47(27-75)91-67/h1-24,45-48,53-69,72-88H,25-28H2/t45-,46-,47-,48-,53-,54-,55-,56-,57+,58+,59+,60+,61-,62-,63-,64-,65+,66+,67+,68+/m1/s1. The molecule has 4 fully saturated rings. The lowest BCUT2D eigenvalue weighted by Gasteiger charge is -2.40. The van der Waals surface area contributed by atoms with Gasteiger partial charge in [-0.05, 0) is 93.1 Å². The van der Waals surface area contributed by atoms with Gasteiger partial charge in [-0.3, -0.25) is 0 Å². The van der Waals surface area contributed by atoms with Gasteiger partial charge < -0.3 is 111 Å². The van der Waals surface area contributed by atoms with E-state index in [1.54, 1.807) is 97.1 Å². The average molecular weight is 1260 g/mol. The van der Waals surface area contributed by atoms with Gasteiger partial charge in [0.25, 0.3) is 0 Å². The molecule has 0 radical (unpaired) electrons. The first kappa shape index (κ1) is 63.4. The highest BCUT2D eigenvalue weighted by atomic mass is 16.6. The molecule has 92 heavy (non-hydrogen) atoms. The summed E-state index contributed by atoms with van der Waals surface area (Å²) < 4.78 is 23.7. The van der Waals surface area contributed by atoms with E-state index in [9.17, 15) is 81.7 Å². The third kappa shape index (κ3) is 11.3. The molecule has 8 bridgehead atoms. The summed E-state index contributed by atoms with van der Waals surface area (Å²) in [6.45, 7) is -2.46. The van der Waals surface area contributed by atoms with Crippen molar-refractivity contribution in [3.8, 4) is 44.5 Å². The van der Waals surface area contributed by atoms with Crippen molar-refractivity contribution in [2.24, 2.45) is 0 Å². The van der Waals surface area contributed by atoms with E-state index in [2.05, 4.69) is 9.97 Å². The summed E-state index contributed by atoms with van der Waals surface area (Å²) in [4.78, 5) is 18.1. The number of H-pyrrole nitrogens is 2. The van der Waals surface area contributed by atoms with E-state index in [1.165, 1.54) is 0 Å². The van der Waals surface area contributed by atoms with Crippen molar-refractivity contribution in [3.63, 3.8) is 0 Å². The molecule has 0 amide bonds. The number of benzene rings is 4. The first-order valence-electron chi connectivity index (χ1n) is 30.2. The Labute approximate surface area is 524 Å². The van der Waals surface area contributed by atoms with Crippen LogP contribution in [0.5, 0.6) is 0 Å². The number of hydrogen-bond acceptors (Lipinski definition) is 22. The summed E-state index contributed by atoms with van der Waals surface area (Å²) in [5, 5.41) is 170. The van der Waals surface area contributed by atoms with Crippen molar-refractivity contribution in [2.75, 3.05) is 26.4 Å². The van der Waals surface area contributed by atoms with Gasteiger partial charge in [-0.1, -0.05) is 97.1 Å². The number of aliphatic hydroxyl groups is 16. The van der Waals surface area contributed by atoms with Crippen molar-refractivity contribution in [1.82, 2.24) is 19.9 Å². The normalized spacial score (nSPS) is 32.3. The predicted octanol–water partition coefficient (Wildman–Crippen LogP) is 1.38. The van der Waals surface area contributed by atoms with Gasteiger partial charge in [-0.15, -0.1) is 0 Å². The lowest BCUT2D eigenvalue weighted by molar-refractivity contribution is -0.231. The van der Waals surface area contributed by atoms with Crippen molar-refractivity contribution < 1.29 is 101 Å². The van der Waals surface area contributed by atoms with Gasteiger partial charge in [0.05, 0.1) is 49.2 Å². The van der Waals surface area contributed by atoms with Crippen molar-refractivity contribution in [1.29, 1.82) is 0 Å². The molecule has 24 heteroatoms. The SMILES string of the molecule is OC[C@H]1O[C@@H](c2ccc(-c3c4nc(c(-c5ccc([C@@H]6O[C@H](CO)[C@@H](O)[C@H](O)[C@H]6O)cc5)c5ccc([nH]5)c(-c5ccc([C@@H]6O[C@H](CO)[C@@H](O)[C@H](O)[C@H]6O)cc5)c5nc(c(-c6ccc([C@@H]7O[C@H](CO)[C@@H](O)[C@H](O)[C@H]7O)cc6)c6ccc3[nH]6)C=C5)C=C4)cc2)[C@H](O)[C@@H](O)[C@@H]1O. The second-order valence-electron chi connectivity index (χ2n) is 24.0. The summed E-state index contributed by atoms with van der Waals surface area (Å²) in [7, 11) is 0. The molecule has 20 atom stereocenters. The van der Waals surface area contributed by atoms with Gasteiger partial charge in [0, 0.05) is 44.3 Å². The maximum Gasteiger partial charge on any atom is 0.113 e. The summed E-state index contributed by atoms with van der Waals surface area (Å²) in [6.07, 6.45) is -20.6. The molecule has 24 nitrogen and oxygen atoms in total. The van der Waals surface area contributed by atoms with E-state index in [1.807, 2.05) is 48.6 Å². The van der Waals surface area contributed by atoms with E-state index in [0.717, 1.165) is 0 Å². The van der Waals surface area contributed by atoms with E-state index in [4.69, 9.17) is 28.9 Å². The molecule has 6 aliphatic heterocycles. The fourth-order valence-corrected chi connectivity index (χ4v) is 13.3. The molecule has 7 aromatic rings. The third-order valence-corrected chi connectivity index (χ3v) is 18.4. The summed E-state index contributed by atoms with van der Waals surface area (Å²) in [5.74, 6) is 0. The highest BCUT2D eigenvalue weighted by Gasteiger charge is 2.47. The number of aliphatic hydroxyl groups excluding tert-OH is 16. The number of ether oxygens (including phenoxy) is 4. The maximum atomic E-state index is 11.1. The van der Waals surface area contributed by atoms with Crippen LogP contribution < -0.4 is 0 Å². The minimum atomic E-state index is -1.62. The number of aromatic nitrogens is 4. The molecule has 18 N–H and O–H groups in total. The first-order chi connectivity index (χ1) is 44.4. The molecular weight excluding hydrogens is 1190 g/mol. The minimum absolute atomic E-state index is 0.440. The number of hydrogen-bond donors (Lipinski definition) is 18. The fourth-order valence-electron chi connectivity index (χ4n) is 13.3. The third-order valence-electron chi connectivity index (χ3n) is 18.4. The van der Waals surface area contributed by atoms with Gasteiger partial charge >= 0.3 is 0 Å². The molecule has 3 aromatic heterocycles. The molecule has 0 spiro atoms. The van der Waals surface area contributed by atoms with Gasteiger partial charge in [-0.25, -0.2) is 9.97 Å². The van der Waals surface area contributed by atoms with Crippen LogP contribution in [0.3, 0.4) is 0 Å². The fraction of sp³-hybridized carbons (Fsp3) is 0.353. The molecule has 0 unspecified atom stereocenters. The first-order valence-corrected chi connectivity index (χ1v) is 30.2. The maximum absolute atomic E-state index is 11.1. The number of nitrogens with one attached hydrogen (secondary N) is 2. The van der Waals surface area contributed by atoms with Gasteiger partial charge in [0.2, 0.25) is 0 Å². The number of fused-ring (bicyclic) bond motifs is 8.